The number of aryl methyl sites for hydroxylation is 1. The van der Waals surface area contributed by atoms with E-state index in [1.165, 1.54) is 12.5 Å². The summed E-state index contributed by atoms with van der Waals surface area (Å²) in [7, 11) is 5.60. The lowest BCUT2D eigenvalue weighted by atomic mass is 9.92. The largest absolute Gasteiger partial charge is 0.386 e. The van der Waals surface area contributed by atoms with Crippen LogP contribution in [0.15, 0.2) is 24.8 Å². The number of hydrogen-bond acceptors (Lipinski definition) is 7. The molecule has 1 fully saturated rings. The van der Waals surface area contributed by atoms with Crippen molar-refractivity contribution in [2.45, 2.75) is 18.4 Å². The van der Waals surface area contributed by atoms with Crippen molar-refractivity contribution in [2.24, 2.45) is 7.05 Å². The van der Waals surface area contributed by atoms with Gasteiger partial charge in [0.05, 0.1) is 17.4 Å². The number of carbonyl (C=O) groups excluding carboxylic acids is 1. The van der Waals surface area contributed by atoms with Crippen LogP contribution in [0, 0.1) is 0 Å². The van der Waals surface area contributed by atoms with Gasteiger partial charge < -0.3 is 20.2 Å². The summed E-state index contributed by atoms with van der Waals surface area (Å²) in [6.07, 6.45) is 6.14. The molecule has 0 saturated carbocycles. The highest BCUT2D eigenvalue weighted by Gasteiger charge is 2.34. The molecule has 9 nitrogen and oxygen atoms in total. The first-order valence-corrected chi connectivity index (χ1v) is 8.60. The van der Waals surface area contributed by atoms with E-state index in [1.807, 2.05) is 30.0 Å². The quantitative estimate of drug-likeness (QED) is 0.777. The maximum absolute atomic E-state index is 12.2. The minimum Gasteiger partial charge on any atom is -0.386 e. The van der Waals surface area contributed by atoms with Gasteiger partial charge in [0, 0.05) is 53.0 Å². The van der Waals surface area contributed by atoms with Crippen LogP contribution < -0.4 is 15.1 Å². The van der Waals surface area contributed by atoms with Gasteiger partial charge in [0.15, 0.2) is 0 Å². The van der Waals surface area contributed by atoms with Gasteiger partial charge in [-0.2, -0.15) is 5.10 Å². The van der Waals surface area contributed by atoms with E-state index in [0.717, 1.165) is 24.6 Å². The van der Waals surface area contributed by atoms with Crippen LogP contribution in [-0.4, -0.2) is 70.1 Å². The molecular formula is C17H25N7O2. The van der Waals surface area contributed by atoms with Gasteiger partial charge in [0.1, 0.15) is 18.0 Å². The molecule has 2 aromatic heterocycles. The van der Waals surface area contributed by atoms with E-state index in [2.05, 4.69) is 20.4 Å². The third-order valence-corrected chi connectivity index (χ3v) is 4.52. The van der Waals surface area contributed by atoms with Gasteiger partial charge in [-0.05, 0) is 12.8 Å². The number of aromatic nitrogens is 4. The molecule has 2 N–H and O–H groups in total. The average Bonchev–Trinajstić information content (AvgIpc) is 3.06. The van der Waals surface area contributed by atoms with Crippen LogP contribution in [0.1, 0.15) is 23.2 Å². The van der Waals surface area contributed by atoms with Crippen molar-refractivity contribution in [1.82, 2.24) is 25.1 Å². The van der Waals surface area contributed by atoms with Crippen molar-refractivity contribution in [2.75, 3.05) is 43.5 Å². The summed E-state index contributed by atoms with van der Waals surface area (Å²) in [5, 5.41) is 17.8. The lowest BCUT2D eigenvalue weighted by molar-refractivity contribution is 0.0254. The second-order valence-electron chi connectivity index (χ2n) is 6.96. The Morgan fingerprint density at radius 3 is 2.92 bits per heavy atom. The van der Waals surface area contributed by atoms with Crippen molar-refractivity contribution in [3.63, 3.8) is 0 Å². The molecule has 0 spiro atoms. The molecule has 0 aliphatic carbocycles. The number of nitrogens with one attached hydrogen (secondary N) is 1. The first-order chi connectivity index (χ1) is 12.4. The number of anilines is 2. The molecule has 1 saturated heterocycles. The Morgan fingerprint density at radius 1 is 1.42 bits per heavy atom. The number of piperidine rings is 1. The third kappa shape index (κ3) is 4.10. The number of carbonyl (C=O) groups is 1. The molecule has 3 heterocycles. The van der Waals surface area contributed by atoms with Crippen LogP contribution in [0.3, 0.4) is 0 Å². The monoisotopic (exact) mass is 359 g/mol. The van der Waals surface area contributed by atoms with Crippen molar-refractivity contribution in [1.29, 1.82) is 0 Å². The van der Waals surface area contributed by atoms with Crippen molar-refractivity contribution >= 4 is 17.5 Å². The van der Waals surface area contributed by atoms with Crippen LogP contribution in [0.4, 0.5) is 11.6 Å². The summed E-state index contributed by atoms with van der Waals surface area (Å²) in [5.74, 6) is 1.36. The highest BCUT2D eigenvalue weighted by atomic mass is 16.3. The second-order valence-corrected chi connectivity index (χ2v) is 6.96. The molecule has 3 rings (SSSR count). The van der Waals surface area contributed by atoms with Gasteiger partial charge in [-0.3, -0.25) is 9.48 Å². The molecule has 0 bridgehead atoms. The Bertz CT molecular complexity index is 776. The van der Waals surface area contributed by atoms with Crippen molar-refractivity contribution < 1.29 is 9.90 Å². The van der Waals surface area contributed by atoms with Gasteiger partial charge in [-0.1, -0.05) is 0 Å². The smallest absolute Gasteiger partial charge is 0.254 e. The Kier molecular flexibility index (Phi) is 5.08. The summed E-state index contributed by atoms with van der Waals surface area (Å²) in [4.78, 5) is 24.7. The maximum atomic E-state index is 12.2. The predicted octanol–water partition coefficient (Wildman–Crippen LogP) is 0.0374. The van der Waals surface area contributed by atoms with E-state index < -0.39 is 5.60 Å². The van der Waals surface area contributed by atoms with E-state index in [0.29, 0.717) is 18.5 Å². The number of rotatable bonds is 5. The molecule has 9 heteroatoms. The molecular weight excluding hydrogens is 334 g/mol. The number of β-amino-alcohol motifs (C(OH)–C–C–N with tert-alkyl or cyclic N) is 1. The summed E-state index contributed by atoms with van der Waals surface area (Å²) in [6, 6.07) is 1.90. The standard InChI is InChI=1S/C17H25N7O2/c1-22(2)14-7-15(20-12-19-14)24-6-4-5-17(26,11-24)10-18-16(25)13-8-21-23(3)9-13/h7-9,12,26H,4-6,10-11H2,1-3H3,(H,18,25)/t17-/m0/s1. The zero-order valence-electron chi connectivity index (χ0n) is 15.4. The van der Waals surface area contributed by atoms with E-state index in [4.69, 9.17) is 0 Å². The SMILES string of the molecule is CN(C)c1cc(N2CCC[C@](O)(CNC(=O)c3cnn(C)c3)C2)ncn1. The highest BCUT2D eigenvalue weighted by Crippen LogP contribution is 2.25. The molecule has 0 aromatic carbocycles. The van der Waals surface area contributed by atoms with Crippen molar-refractivity contribution in [3.05, 3.63) is 30.4 Å². The van der Waals surface area contributed by atoms with Gasteiger partial charge in [-0.25, -0.2) is 9.97 Å². The van der Waals surface area contributed by atoms with E-state index >= 15 is 0 Å². The number of hydrogen-bond donors (Lipinski definition) is 2. The van der Waals surface area contributed by atoms with E-state index in [1.54, 1.807) is 17.9 Å². The molecule has 26 heavy (non-hydrogen) atoms. The average molecular weight is 359 g/mol. The van der Waals surface area contributed by atoms with Crippen LogP contribution in [0.2, 0.25) is 0 Å². The molecule has 0 radical (unpaired) electrons. The fraction of sp³-hybridized carbons (Fsp3) is 0.529. The molecule has 0 unspecified atom stereocenters. The zero-order chi connectivity index (χ0) is 18.7. The first-order valence-electron chi connectivity index (χ1n) is 8.60. The van der Waals surface area contributed by atoms with Crippen molar-refractivity contribution in [3.8, 4) is 0 Å². The Balaban J connectivity index is 1.65. The van der Waals surface area contributed by atoms with Crippen LogP contribution in [0.25, 0.3) is 0 Å². The fourth-order valence-electron chi connectivity index (χ4n) is 3.09. The maximum Gasteiger partial charge on any atom is 0.254 e. The Labute approximate surface area is 152 Å². The zero-order valence-corrected chi connectivity index (χ0v) is 15.4. The molecule has 140 valence electrons. The summed E-state index contributed by atoms with van der Waals surface area (Å²) in [6.45, 7) is 1.40. The number of amides is 1. The first kappa shape index (κ1) is 18.1. The second kappa shape index (κ2) is 7.28. The van der Waals surface area contributed by atoms with E-state index in [9.17, 15) is 9.90 Å². The number of nitrogens with zero attached hydrogens (tertiary/aromatic N) is 6. The van der Waals surface area contributed by atoms with Crippen LogP contribution >= 0.6 is 0 Å². The van der Waals surface area contributed by atoms with Gasteiger partial charge in [-0.15, -0.1) is 0 Å². The van der Waals surface area contributed by atoms with E-state index in [-0.39, 0.29) is 12.5 Å². The lowest BCUT2D eigenvalue weighted by Gasteiger charge is -2.40. The summed E-state index contributed by atoms with van der Waals surface area (Å²) >= 11 is 0. The van der Waals surface area contributed by atoms with Crippen LogP contribution in [0.5, 0.6) is 0 Å². The lowest BCUT2D eigenvalue weighted by Crippen LogP contribution is -2.54. The number of aliphatic hydroxyl groups is 1. The molecule has 1 amide bonds. The summed E-state index contributed by atoms with van der Waals surface area (Å²) in [5.41, 5.74) is -0.519. The Hall–Kier alpha value is -2.68. The molecule has 1 atom stereocenters. The third-order valence-electron chi connectivity index (χ3n) is 4.52. The fourth-order valence-corrected chi connectivity index (χ4v) is 3.09. The summed E-state index contributed by atoms with van der Waals surface area (Å²) < 4.78 is 1.57. The van der Waals surface area contributed by atoms with Gasteiger partial charge >= 0.3 is 0 Å². The minimum atomic E-state index is -1.00. The van der Waals surface area contributed by atoms with Crippen LogP contribution in [-0.2, 0) is 7.05 Å². The highest BCUT2D eigenvalue weighted by molar-refractivity contribution is 5.93. The molecule has 1 aliphatic heterocycles. The molecule has 1 aliphatic rings. The normalized spacial score (nSPS) is 20.1. The van der Waals surface area contributed by atoms with Gasteiger partial charge in [0.2, 0.25) is 0 Å². The van der Waals surface area contributed by atoms with Gasteiger partial charge in [0.25, 0.3) is 5.91 Å². The minimum absolute atomic E-state index is 0.183. The Morgan fingerprint density at radius 2 is 2.23 bits per heavy atom. The topological polar surface area (TPSA) is 99.4 Å². The molecule has 2 aromatic rings. The predicted molar refractivity (Wildman–Crippen MR) is 98.3 cm³/mol.